The zero-order chi connectivity index (χ0) is 29.6. The lowest BCUT2D eigenvalue weighted by atomic mass is 10.0. The van der Waals surface area contributed by atoms with Gasteiger partial charge in [0.25, 0.3) is 5.91 Å². The van der Waals surface area contributed by atoms with Gasteiger partial charge in [-0.3, -0.25) is 15.0 Å². The molecule has 2 unspecified atom stereocenters. The lowest BCUT2D eigenvalue weighted by molar-refractivity contribution is 0.0953. The second-order valence-corrected chi connectivity index (χ2v) is 13.5. The predicted molar refractivity (Wildman–Crippen MR) is 141 cm³/mol. The van der Waals surface area contributed by atoms with Gasteiger partial charge in [-0.2, -0.15) is 0 Å². The molecule has 1 amide bonds. The van der Waals surface area contributed by atoms with Crippen molar-refractivity contribution in [2.45, 2.75) is 18.4 Å². The van der Waals surface area contributed by atoms with Crippen LogP contribution in [0.3, 0.4) is 0 Å². The Hall–Kier alpha value is -3.05. The molecule has 2 aromatic carbocycles. The number of hydrogen-bond acceptors (Lipinski definition) is 6. The molecule has 1 aliphatic heterocycles. The zero-order valence-electron chi connectivity index (χ0n) is 21.1. The number of ketones is 1. The van der Waals surface area contributed by atoms with Crippen molar-refractivity contribution in [2.24, 2.45) is 0 Å². The van der Waals surface area contributed by atoms with Gasteiger partial charge in [0.15, 0.2) is 5.78 Å². The molecule has 2 atom stereocenters. The van der Waals surface area contributed by atoms with Crippen LogP contribution in [0.2, 0.25) is 0 Å². The standard InChI is InChI=1S/C22H25F5N4O5S3/c1-5-36-20-8-14-11-30(21(28)17(14)10-18(20)22(33)29-2)12-19(32)13-6-15(31(37(3)34)38(4)35)9-16(7-13)39(23,24,25,26)27/h6-10,28H,5,11-12H2,1-4H3,(H,29,33). The van der Waals surface area contributed by atoms with Crippen molar-refractivity contribution in [1.29, 1.82) is 5.41 Å². The SMILES string of the molecule is CCOc1cc2c(cc1C(=O)NC)C(=N)N(CC(=O)c1cc(N(S(C)=O)S(C)=O)cc(S(F)(F)(F)(F)F)c1)C2. The minimum atomic E-state index is -10.3. The normalized spacial score (nSPS) is 16.5. The van der Waals surface area contributed by atoms with Gasteiger partial charge in [-0.25, -0.2) is 12.1 Å². The molecule has 39 heavy (non-hydrogen) atoms. The second-order valence-electron chi connectivity index (χ2n) is 8.43. The van der Waals surface area contributed by atoms with E-state index in [1.807, 2.05) is 0 Å². The molecule has 1 heterocycles. The van der Waals surface area contributed by atoms with Gasteiger partial charge < -0.3 is 15.0 Å². The van der Waals surface area contributed by atoms with Gasteiger partial charge in [-0.05, 0) is 42.8 Å². The Morgan fingerprint density at radius 3 is 2.21 bits per heavy atom. The highest BCUT2D eigenvalue weighted by atomic mass is 32.5. The maximum Gasteiger partial charge on any atom is 0.310 e. The van der Waals surface area contributed by atoms with Gasteiger partial charge in [0, 0.05) is 37.2 Å². The van der Waals surface area contributed by atoms with Crippen molar-refractivity contribution in [2.75, 3.05) is 36.4 Å². The first-order chi connectivity index (χ1) is 17.8. The number of halogens is 5. The number of carbonyl (C=O) groups excluding carboxylic acids is 2. The number of nitrogens with one attached hydrogen (secondary N) is 2. The summed E-state index contributed by atoms with van der Waals surface area (Å²) in [5, 5.41) is 10.9. The summed E-state index contributed by atoms with van der Waals surface area (Å²) in [5.74, 6) is -1.54. The molecule has 0 aliphatic carbocycles. The van der Waals surface area contributed by atoms with E-state index in [0.29, 0.717) is 9.27 Å². The van der Waals surface area contributed by atoms with Crippen molar-refractivity contribution >= 4 is 55.4 Å². The maximum atomic E-state index is 13.7. The van der Waals surface area contributed by atoms with Crippen LogP contribution in [0.15, 0.2) is 35.2 Å². The molecule has 9 nitrogen and oxygen atoms in total. The second kappa shape index (κ2) is 9.85. The predicted octanol–water partition coefficient (Wildman–Crippen LogP) is 4.52. The molecule has 0 spiro atoms. The number of ether oxygens (including phenoxy) is 1. The van der Waals surface area contributed by atoms with E-state index in [1.165, 1.54) is 24.1 Å². The summed E-state index contributed by atoms with van der Waals surface area (Å²) in [6, 6.07) is 3.70. The fourth-order valence-corrected chi connectivity index (χ4v) is 6.61. The number of anilines is 1. The van der Waals surface area contributed by atoms with Crippen LogP contribution in [0.4, 0.5) is 25.1 Å². The van der Waals surface area contributed by atoms with E-state index in [4.69, 9.17) is 10.1 Å². The average Bonchev–Trinajstić information content (AvgIpc) is 3.10. The molecule has 0 fully saturated rings. The van der Waals surface area contributed by atoms with Crippen molar-refractivity contribution in [1.82, 2.24) is 10.2 Å². The van der Waals surface area contributed by atoms with Crippen LogP contribution in [0.5, 0.6) is 5.75 Å². The topological polar surface area (TPSA) is 120 Å². The Labute approximate surface area is 226 Å². The third-order valence-corrected chi connectivity index (χ3v) is 9.32. The minimum Gasteiger partial charge on any atom is -0.493 e. The largest absolute Gasteiger partial charge is 0.493 e. The van der Waals surface area contributed by atoms with Gasteiger partial charge in [0.1, 0.15) is 38.5 Å². The highest BCUT2D eigenvalue weighted by molar-refractivity contribution is 8.45. The summed E-state index contributed by atoms with van der Waals surface area (Å²) in [6.07, 6.45) is 1.98. The summed E-state index contributed by atoms with van der Waals surface area (Å²) in [7, 11) is -13.3. The Balaban J connectivity index is 2.03. The van der Waals surface area contributed by atoms with Crippen LogP contribution in [0, 0.1) is 5.41 Å². The molecule has 0 radical (unpaired) electrons. The molecule has 216 valence electrons. The van der Waals surface area contributed by atoms with E-state index in [9.17, 15) is 37.4 Å². The Morgan fingerprint density at radius 2 is 1.69 bits per heavy atom. The van der Waals surface area contributed by atoms with Crippen molar-refractivity contribution in [3.8, 4) is 5.75 Å². The number of amidine groups is 1. The fourth-order valence-electron chi connectivity index (χ4n) is 3.93. The van der Waals surface area contributed by atoms with Gasteiger partial charge in [-0.15, -0.1) is 0 Å². The molecule has 2 aromatic rings. The lowest BCUT2D eigenvalue weighted by Crippen LogP contribution is -2.31. The molecular weight excluding hydrogens is 591 g/mol. The first-order valence-corrected chi connectivity index (χ1v) is 16.0. The van der Waals surface area contributed by atoms with Crippen LogP contribution in [-0.2, 0) is 28.5 Å². The molecule has 2 N–H and O–H groups in total. The highest BCUT2D eigenvalue weighted by Crippen LogP contribution is 3.02. The van der Waals surface area contributed by atoms with E-state index in [1.54, 1.807) is 6.92 Å². The molecule has 0 bridgehead atoms. The molecule has 3 rings (SSSR count). The quantitative estimate of drug-likeness (QED) is 0.299. The van der Waals surface area contributed by atoms with Crippen molar-refractivity contribution in [3.05, 3.63) is 52.6 Å². The van der Waals surface area contributed by atoms with Gasteiger partial charge in [0.2, 0.25) is 0 Å². The van der Waals surface area contributed by atoms with Crippen molar-refractivity contribution in [3.63, 3.8) is 0 Å². The van der Waals surface area contributed by atoms with Crippen LogP contribution in [0.1, 0.15) is 38.8 Å². The van der Waals surface area contributed by atoms with E-state index < -0.39 is 66.6 Å². The number of Topliss-reactive ketones (excluding diaryl/α,β-unsaturated/α-hetero) is 1. The highest BCUT2D eigenvalue weighted by Gasteiger charge is 2.65. The Bertz CT molecular complexity index is 1420. The number of hydrogen-bond donors (Lipinski definition) is 2. The third-order valence-electron chi connectivity index (χ3n) is 5.58. The Morgan fingerprint density at radius 1 is 1.08 bits per heavy atom. The van der Waals surface area contributed by atoms with Gasteiger partial charge >= 0.3 is 10.2 Å². The first kappa shape index (κ1) is 30.5. The minimum absolute atomic E-state index is 0.00441. The van der Waals surface area contributed by atoms with Gasteiger partial charge in [-0.1, -0.05) is 19.4 Å². The summed E-state index contributed by atoms with van der Waals surface area (Å²) in [4.78, 5) is 24.2. The van der Waals surface area contributed by atoms with Crippen LogP contribution >= 0.6 is 10.2 Å². The van der Waals surface area contributed by atoms with E-state index in [-0.39, 0.29) is 48.0 Å². The Kier molecular flexibility index (Phi) is 7.70. The maximum absolute atomic E-state index is 13.7. The molecular formula is C22H25F5N4O5S3. The molecule has 0 saturated heterocycles. The molecule has 17 heteroatoms. The van der Waals surface area contributed by atoms with E-state index in [0.717, 1.165) is 18.6 Å². The van der Waals surface area contributed by atoms with Crippen molar-refractivity contribution < 1.29 is 42.2 Å². The number of carbonyl (C=O) groups is 2. The number of amides is 1. The van der Waals surface area contributed by atoms with Gasteiger partial charge in [0.05, 0.1) is 24.4 Å². The third kappa shape index (κ3) is 6.58. The number of rotatable bonds is 10. The smallest absolute Gasteiger partial charge is 0.310 e. The van der Waals surface area contributed by atoms with E-state index >= 15 is 0 Å². The summed E-state index contributed by atoms with van der Waals surface area (Å²) >= 11 is 0. The van der Waals surface area contributed by atoms with Crippen LogP contribution in [-0.4, -0.2) is 63.6 Å². The average molecular weight is 617 g/mol. The monoisotopic (exact) mass is 616 g/mol. The molecule has 0 aromatic heterocycles. The van der Waals surface area contributed by atoms with E-state index in [2.05, 4.69) is 5.32 Å². The summed E-state index contributed by atoms with van der Waals surface area (Å²) < 4.78 is 98.8. The summed E-state index contributed by atoms with van der Waals surface area (Å²) in [5.41, 5.74) is -0.646. The first-order valence-electron chi connectivity index (χ1n) is 11.0. The number of nitrogens with zero attached hydrogens (tertiary/aromatic N) is 2. The summed E-state index contributed by atoms with van der Waals surface area (Å²) in [6.45, 7) is 1.20. The number of fused-ring (bicyclic) bond motifs is 1. The van der Waals surface area contributed by atoms with Crippen LogP contribution < -0.4 is 13.8 Å². The van der Waals surface area contributed by atoms with Crippen LogP contribution in [0.25, 0.3) is 0 Å². The molecule has 0 saturated carbocycles. The number of benzene rings is 2. The molecule has 1 aliphatic rings. The fraction of sp³-hybridized carbons (Fsp3) is 0.318. The lowest BCUT2D eigenvalue weighted by Gasteiger charge is -2.41. The zero-order valence-corrected chi connectivity index (χ0v) is 23.5.